The van der Waals surface area contributed by atoms with Crippen LogP contribution in [0.2, 0.25) is 0 Å². The van der Waals surface area contributed by atoms with Crippen molar-refractivity contribution in [2.45, 2.75) is 19.8 Å². The highest BCUT2D eigenvalue weighted by molar-refractivity contribution is 7.80. The minimum absolute atomic E-state index is 0.119. The first-order valence-corrected chi connectivity index (χ1v) is 8.65. The fraction of sp³-hybridized carbons (Fsp3) is 0.211. The minimum Gasteiger partial charge on any atom is -0.494 e. The van der Waals surface area contributed by atoms with E-state index in [2.05, 4.69) is 17.6 Å². The highest BCUT2D eigenvalue weighted by Crippen LogP contribution is 2.14. The largest absolute Gasteiger partial charge is 0.494 e. The lowest BCUT2D eigenvalue weighted by atomic mass is 10.2. The molecule has 2 rings (SSSR count). The molecule has 2 amide bonds. The smallest absolute Gasteiger partial charge is 0.257 e. The Hall–Kier alpha value is -2.93. The van der Waals surface area contributed by atoms with Gasteiger partial charge in [0.1, 0.15) is 5.75 Å². The Balaban J connectivity index is 1.96. The Labute approximate surface area is 157 Å². The number of anilines is 1. The van der Waals surface area contributed by atoms with Crippen LogP contribution < -0.4 is 21.1 Å². The van der Waals surface area contributed by atoms with Crippen molar-refractivity contribution in [3.63, 3.8) is 0 Å². The molecule has 0 aliphatic carbocycles. The van der Waals surface area contributed by atoms with Crippen molar-refractivity contribution in [1.82, 2.24) is 5.32 Å². The van der Waals surface area contributed by atoms with E-state index in [1.54, 1.807) is 48.5 Å². The zero-order chi connectivity index (χ0) is 18.9. The molecule has 0 bridgehead atoms. The standard InChI is InChI=1S/C19H21N3O3S/c1-2-3-10-25-16-9-5-7-14(12-16)18(24)22-19(26)21-15-8-4-6-13(11-15)17(20)23/h4-9,11-12H,2-3,10H2,1H3,(H2,20,23)(H2,21,22,24,26). The maximum Gasteiger partial charge on any atom is 0.257 e. The van der Waals surface area contributed by atoms with Crippen LogP contribution in [0, 0.1) is 0 Å². The lowest BCUT2D eigenvalue weighted by Gasteiger charge is -2.11. The van der Waals surface area contributed by atoms with Gasteiger partial charge in [-0.3, -0.25) is 14.9 Å². The first-order valence-electron chi connectivity index (χ1n) is 8.24. The molecule has 0 atom stereocenters. The lowest BCUT2D eigenvalue weighted by molar-refractivity contribution is 0.0974. The summed E-state index contributed by atoms with van der Waals surface area (Å²) in [5.41, 5.74) is 6.59. The minimum atomic E-state index is -0.538. The van der Waals surface area contributed by atoms with Crippen LogP contribution in [-0.4, -0.2) is 23.5 Å². The molecular formula is C19H21N3O3S. The second-order valence-electron chi connectivity index (χ2n) is 5.58. The van der Waals surface area contributed by atoms with Gasteiger partial charge in [0.15, 0.2) is 5.11 Å². The van der Waals surface area contributed by atoms with Crippen molar-refractivity contribution in [1.29, 1.82) is 0 Å². The van der Waals surface area contributed by atoms with E-state index in [9.17, 15) is 9.59 Å². The zero-order valence-electron chi connectivity index (χ0n) is 14.5. The molecule has 2 aromatic carbocycles. The van der Waals surface area contributed by atoms with Gasteiger partial charge in [-0.2, -0.15) is 0 Å². The Morgan fingerprint density at radius 1 is 1.12 bits per heavy atom. The molecule has 7 heteroatoms. The van der Waals surface area contributed by atoms with Crippen LogP contribution in [0.15, 0.2) is 48.5 Å². The Morgan fingerprint density at radius 2 is 1.85 bits per heavy atom. The van der Waals surface area contributed by atoms with E-state index in [4.69, 9.17) is 22.7 Å². The van der Waals surface area contributed by atoms with Crippen LogP contribution in [0.1, 0.15) is 40.5 Å². The van der Waals surface area contributed by atoms with Crippen LogP contribution in [0.3, 0.4) is 0 Å². The molecule has 0 saturated heterocycles. The highest BCUT2D eigenvalue weighted by Gasteiger charge is 2.10. The lowest BCUT2D eigenvalue weighted by Crippen LogP contribution is -2.34. The Morgan fingerprint density at radius 3 is 2.58 bits per heavy atom. The molecular weight excluding hydrogens is 350 g/mol. The quantitative estimate of drug-likeness (QED) is 0.514. The summed E-state index contributed by atoms with van der Waals surface area (Å²) in [6.45, 7) is 2.69. The Bertz CT molecular complexity index is 808. The third-order valence-corrected chi connectivity index (χ3v) is 3.70. The predicted octanol–water partition coefficient (Wildman–Crippen LogP) is 3.09. The molecule has 4 N–H and O–H groups in total. The summed E-state index contributed by atoms with van der Waals surface area (Å²) in [7, 11) is 0. The van der Waals surface area contributed by atoms with E-state index in [1.165, 1.54) is 0 Å². The number of nitrogens with one attached hydrogen (secondary N) is 2. The van der Waals surface area contributed by atoms with Crippen molar-refractivity contribution < 1.29 is 14.3 Å². The number of rotatable bonds is 7. The van der Waals surface area contributed by atoms with Gasteiger partial charge in [0.25, 0.3) is 5.91 Å². The molecule has 0 aliphatic heterocycles. The fourth-order valence-electron chi connectivity index (χ4n) is 2.15. The van der Waals surface area contributed by atoms with Gasteiger partial charge in [-0.25, -0.2) is 0 Å². The molecule has 0 unspecified atom stereocenters. The third-order valence-electron chi connectivity index (χ3n) is 3.49. The number of carbonyl (C=O) groups excluding carboxylic acids is 2. The monoisotopic (exact) mass is 371 g/mol. The summed E-state index contributed by atoms with van der Waals surface area (Å²) in [5.74, 6) is -0.253. The zero-order valence-corrected chi connectivity index (χ0v) is 15.3. The maximum absolute atomic E-state index is 12.3. The van der Waals surface area contributed by atoms with Gasteiger partial charge in [-0.1, -0.05) is 25.5 Å². The van der Waals surface area contributed by atoms with E-state index in [0.717, 1.165) is 12.8 Å². The van der Waals surface area contributed by atoms with Gasteiger partial charge in [-0.15, -0.1) is 0 Å². The molecule has 0 spiro atoms. The number of hydrogen-bond acceptors (Lipinski definition) is 4. The summed E-state index contributed by atoms with van der Waals surface area (Å²) in [5, 5.41) is 5.57. The van der Waals surface area contributed by atoms with Crippen LogP contribution in [0.5, 0.6) is 5.75 Å². The summed E-state index contributed by atoms with van der Waals surface area (Å²) < 4.78 is 5.60. The van der Waals surface area contributed by atoms with Crippen LogP contribution in [0.4, 0.5) is 5.69 Å². The highest BCUT2D eigenvalue weighted by atomic mass is 32.1. The van der Waals surface area contributed by atoms with Crippen molar-refractivity contribution in [3.8, 4) is 5.75 Å². The first-order chi connectivity index (χ1) is 12.5. The van der Waals surface area contributed by atoms with Crippen LogP contribution >= 0.6 is 12.2 Å². The van der Waals surface area contributed by atoms with E-state index in [-0.39, 0.29) is 11.0 Å². The fourth-order valence-corrected chi connectivity index (χ4v) is 2.36. The number of hydrogen-bond donors (Lipinski definition) is 3. The number of amides is 2. The Kier molecular flexibility index (Phi) is 7.11. The molecule has 0 saturated carbocycles. The summed E-state index contributed by atoms with van der Waals surface area (Å²) >= 11 is 5.15. The molecule has 26 heavy (non-hydrogen) atoms. The van der Waals surface area contributed by atoms with Crippen molar-refractivity contribution in [3.05, 3.63) is 59.7 Å². The molecule has 0 fully saturated rings. The van der Waals surface area contributed by atoms with E-state index < -0.39 is 5.91 Å². The molecule has 0 aromatic heterocycles. The number of nitrogens with two attached hydrogens (primary N) is 1. The third kappa shape index (κ3) is 5.86. The molecule has 0 aliphatic rings. The van der Waals surface area contributed by atoms with Gasteiger partial charge in [0.2, 0.25) is 5.91 Å². The van der Waals surface area contributed by atoms with Gasteiger partial charge in [0.05, 0.1) is 6.61 Å². The summed E-state index contributed by atoms with van der Waals surface area (Å²) in [6.07, 6.45) is 1.99. The predicted molar refractivity (Wildman–Crippen MR) is 105 cm³/mol. The molecule has 0 heterocycles. The van der Waals surface area contributed by atoms with Gasteiger partial charge in [-0.05, 0) is 55.0 Å². The van der Waals surface area contributed by atoms with Crippen LogP contribution in [-0.2, 0) is 0 Å². The van der Waals surface area contributed by atoms with E-state index in [1.807, 2.05) is 0 Å². The number of primary amides is 1. The van der Waals surface area contributed by atoms with Crippen molar-refractivity contribution in [2.75, 3.05) is 11.9 Å². The van der Waals surface area contributed by atoms with Gasteiger partial charge < -0.3 is 15.8 Å². The van der Waals surface area contributed by atoms with E-state index in [0.29, 0.717) is 29.2 Å². The van der Waals surface area contributed by atoms with Gasteiger partial charge >= 0.3 is 0 Å². The molecule has 136 valence electrons. The van der Waals surface area contributed by atoms with Crippen molar-refractivity contribution in [2.24, 2.45) is 5.73 Å². The number of carbonyl (C=O) groups is 2. The first kappa shape index (κ1) is 19.4. The van der Waals surface area contributed by atoms with Gasteiger partial charge in [0, 0.05) is 16.8 Å². The maximum atomic E-state index is 12.3. The van der Waals surface area contributed by atoms with Crippen LogP contribution in [0.25, 0.3) is 0 Å². The number of benzene rings is 2. The SMILES string of the molecule is CCCCOc1cccc(C(=O)NC(=S)Nc2cccc(C(N)=O)c2)c1. The normalized spacial score (nSPS) is 10.0. The summed E-state index contributed by atoms with van der Waals surface area (Å²) in [4.78, 5) is 23.5. The van der Waals surface area contributed by atoms with E-state index >= 15 is 0 Å². The number of ether oxygens (including phenoxy) is 1. The molecule has 6 nitrogen and oxygen atoms in total. The number of thiocarbonyl (C=S) groups is 1. The average Bonchev–Trinajstić information content (AvgIpc) is 2.62. The average molecular weight is 371 g/mol. The number of unbranched alkanes of at least 4 members (excludes halogenated alkanes) is 1. The summed E-state index contributed by atoms with van der Waals surface area (Å²) in [6, 6.07) is 13.4. The topological polar surface area (TPSA) is 93.4 Å². The van der Waals surface area contributed by atoms with Crippen molar-refractivity contribution >= 4 is 34.8 Å². The molecule has 2 aromatic rings. The second kappa shape index (κ2) is 9.53. The molecule has 0 radical (unpaired) electrons. The second-order valence-corrected chi connectivity index (χ2v) is 5.99.